The van der Waals surface area contributed by atoms with Crippen LogP contribution in [0.1, 0.15) is 25.7 Å². The molecular weight excluding hydrogens is 194 g/mol. The van der Waals surface area contributed by atoms with Crippen molar-refractivity contribution in [1.82, 2.24) is 15.3 Å². The van der Waals surface area contributed by atoms with Crippen LogP contribution in [0.4, 0.5) is 0 Å². The first-order valence-corrected chi connectivity index (χ1v) is 5.50. The van der Waals surface area contributed by atoms with E-state index < -0.39 is 0 Å². The molecule has 5 heteroatoms. The monoisotopic (exact) mass is 211 g/mol. The van der Waals surface area contributed by atoms with Gasteiger partial charge in [0.05, 0.1) is 6.42 Å². The molecule has 0 bridgehead atoms. The molecule has 2 rings (SSSR count). The molecule has 0 aromatic rings. The average molecular weight is 211 g/mol. The number of rotatable bonds is 2. The van der Waals surface area contributed by atoms with Gasteiger partial charge in [-0.05, 0) is 12.8 Å². The lowest BCUT2D eigenvalue weighted by Crippen LogP contribution is -2.49. The van der Waals surface area contributed by atoms with Crippen molar-refractivity contribution in [3.63, 3.8) is 0 Å². The molecule has 2 aliphatic rings. The van der Waals surface area contributed by atoms with E-state index in [0.29, 0.717) is 6.42 Å². The normalized spacial score (nSPS) is 28.9. The fourth-order valence-electron chi connectivity index (χ4n) is 2.10. The summed E-state index contributed by atoms with van der Waals surface area (Å²) in [6, 6.07) is -0.333. The van der Waals surface area contributed by atoms with E-state index in [2.05, 4.69) is 10.4 Å². The second kappa shape index (κ2) is 4.28. The predicted molar refractivity (Wildman–Crippen MR) is 54.7 cm³/mol. The van der Waals surface area contributed by atoms with Gasteiger partial charge >= 0.3 is 0 Å². The molecule has 1 atom stereocenters. The minimum atomic E-state index is -0.333. The fourth-order valence-corrected chi connectivity index (χ4v) is 2.10. The smallest absolute Gasteiger partial charge is 0.247 e. The van der Waals surface area contributed by atoms with Crippen LogP contribution in [0.3, 0.4) is 0 Å². The predicted octanol–water partition coefficient (Wildman–Crippen LogP) is -0.266. The highest BCUT2D eigenvalue weighted by molar-refractivity contribution is 6.05. The third-order valence-corrected chi connectivity index (χ3v) is 3.08. The molecule has 2 amide bonds. The van der Waals surface area contributed by atoms with Crippen molar-refractivity contribution in [2.24, 2.45) is 0 Å². The number of likely N-dealkylation sites (tertiary alicyclic amines) is 1. The number of carbonyl (C=O) groups excluding carboxylic acids is 2. The summed E-state index contributed by atoms with van der Waals surface area (Å²) in [7, 11) is 1.54. The van der Waals surface area contributed by atoms with Crippen molar-refractivity contribution in [3.05, 3.63) is 0 Å². The molecular formula is C10H17N3O2. The molecule has 15 heavy (non-hydrogen) atoms. The van der Waals surface area contributed by atoms with E-state index >= 15 is 0 Å². The van der Waals surface area contributed by atoms with Gasteiger partial charge < -0.3 is 0 Å². The first-order chi connectivity index (χ1) is 7.18. The zero-order chi connectivity index (χ0) is 10.8. The maximum absolute atomic E-state index is 11.6. The highest BCUT2D eigenvalue weighted by atomic mass is 16.2. The highest BCUT2D eigenvalue weighted by Gasteiger charge is 2.36. The van der Waals surface area contributed by atoms with Crippen molar-refractivity contribution in [1.29, 1.82) is 0 Å². The van der Waals surface area contributed by atoms with Crippen LogP contribution in [-0.2, 0) is 9.59 Å². The van der Waals surface area contributed by atoms with Crippen LogP contribution in [0.5, 0.6) is 0 Å². The second-order valence-corrected chi connectivity index (χ2v) is 4.22. The van der Waals surface area contributed by atoms with Crippen molar-refractivity contribution in [3.8, 4) is 0 Å². The van der Waals surface area contributed by atoms with Gasteiger partial charge in [0.15, 0.2) is 0 Å². The van der Waals surface area contributed by atoms with Crippen molar-refractivity contribution >= 4 is 11.8 Å². The molecule has 1 unspecified atom stereocenters. The molecule has 2 aliphatic heterocycles. The van der Waals surface area contributed by atoms with Crippen LogP contribution in [-0.4, -0.2) is 47.9 Å². The van der Waals surface area contributed by atoms with E-state index in [4.69, 9.17) is 0 Å². The van der Waals surface area contributed by atoms with Crippen LogP contribution in [0.2, 0.25) is 0 Å². The van der Waals surface area contributed by atoms with E-state index in [1.165, 1.54) is 11.3 Å². The van der Waals surface area contributed by atoms with Crippen molar-refractivity contribution < 1.29 is 9.59 Å². The van der Waals surface area contributed by atoms with Gasteiger partial charge in [-0.1, -0.05) is 6.42 Å². The van der Waals surface area contributed by atoms with Gasteiger partial charge in [-0.25, -0.2) is 10.4 Å². The minimum absolute atomic E-state index is 0.0884. The van der Waals surface area contributed by atoms with Gasteiger partial charge in [0.25, 0.3) is 0 Å². The molecule has 5 nitrogen and oxygen atoms in total. The van der Waals surface area contributed by atoms with E-state index in [1.54, 1.807) is 7.05 Å². The number of piperidine rings is 1. The first kappa shape index (κ1) is 10.6. The summed E-state index contributed by atoms with van der Waals surface area (Å²) in [5.74, 6) is -0.194. The molecule has 0 spiro atoms. The van der Waals surface area contributed by atoms with Gasteiger partial charge in [-0.15, -0.1) is 0 Å². The Labute approximate surface area is 89.4 Å². The quantitative estimate of drug-likeness (QED) is 0.639. The summed E-state index contributed by atoms with van der Waals surface area (Å²) in [4.78, 5) is 24.1. The van der Waals surface area contributed by atoms with Gasteiger partial charge in [-0.2, -0.15) is 0 Å². The number of likely N-dealkylation sites (N-methyl/N-ethyl adjacent to an activating group) is 1. The largest absolute Gasteiger partial charge is 0.284 e. The number of carbonyl (C=O) groups is 2. The van der Waals surface area contributed by atoms with Crippen LogP contribution in [0.15, 0.2) is 0 Å². The van der Waals surface area contributed by atoms with E-state index in [0.717, 1.165) is 25.9 Å². The molecule has 2 fully saturated rings. The Hall–Kier alpha value is -0.940. The Morgan fingerprint density at radius 3 is 2.40 bits per heavy atom. The number of nitrogens with zero attached hydrogens (tertiary/aromatic N) is 2. The molecule has 0 radical (unpaired) electrons. The third-order valence-electron chi connectivity index (χ3n) is 3.08. The van der Waals surface area contributed by atoms with E-state index in [1.807, 2.05) is 0 Å². The van der Waals surface area contributed by atoms with Gasteiger partial charge in [-0.3, -0.25) is 14.5 Å². The number of hydrazine groups is 1. The molecule has 0 aromatic heterocycles. The topological polar surface area (TPSA) is 52.7 Å². The summed E-state index contributed by atoms with van der Waals surface area (Å²) in [6.07, 6.45) is 3.89. The Bertz CT molecular complexity index is 274. The number of amides is 2. The Morgan fingerprint density at radius 1 is 1.20 bits per heavy atom. The number of nitrogens with one attached hydrogen (secondary N) is 1. The van der Waals surface area contributed by atoms with Gasteiger partial charge in [0, 0.05) is 20.1 Å². The average Bonchev–Trinajstić information content (AvgIpc) is 2.48. The Morgan fingerprint density at radius 2 is 1.87 bits per heavy atom. The summed E-state index contributed by atoms with van der Waals surface area (Å²) >= 11 is 0. The van der Waals surface area contributed by atoms with E-state index in [9.17, 15) is 9.59 Å². The summed E-state index contributed by atoms with van der Waals surface area (Å²) < 4.78 is 0. The standard InChI is InChI=1S/C10H17N3O2/c1-12-9(14)7-8(10(12)15)11-13-5-3-2-4-6-13/h8,11H,2-7H2,1H3. The summed E-state index contributed by atoms with van der Waals surface area (Å²) in [6.45, 7) is 1.95. The minimum Gasteiger partial charge on any atom is -0.284 e. The number of hydrogen-bond acceptors (Lipinski definition) is 4. The van der Waals surface area contributed by atoms with Crippen LogP contribution >= 0.6 is 0 Å². The first-order valence-electron chi connectivity index (χ1n) is 5.50. The van der Waals surface area contributed by atoms with Gasteiger partial charge in [0.2, 0.25) is 11.8 Å². The molecule has 0 saturated carbocycles. The lowest BCUT2D eigenvalue weighted by Gasteiger charge is -2.29. The molecule has 0 aromatic carbocycles. The van der Waals surface area contributed by atoms with Crippen molar-refractivity contribution in [2.75, 3.05) is 20.1 Å². The van der Waals surface area contributed by atoms with Gasteiger partial charge in [0.1, 0.15) is 6.04 Å². The summed E-state index contributed by atoms with van der Waals surface area (Å²) in [5.41, 5.74) is 3.15. The molecule has 1 N–H and O–H groups in total. The molecule has 2 heterocycles. The fraction of sp³-hybridized carbons (Fsp3) is 0.800. The maximum Gasteiger partial charge on any atom is 0.247 e. The number of imide groups is 1. The molecule has 84 valence electrons. The molecule has 0 aliphatic carbocycles. The zero-order valence-corrected chi connectivity index (χ0v) is 9.03. The van der Waals surface area contributed by atoms with Crippen molar-refractivity contribution in [2.45, 2.75) is 31.7 Å². The second-order valence-electron chi connectivity index (χ2n) is 4.22. The third kappa shape index (κ3) is 2.18. The molecule has 2 saturated heterocycles. The SMILES string of the molecule is CN1C(=O)CC(NN2CCCCC2)C1=O. The Kier molecular flexibility index (Phi) is 3.02. The lowest BCUT2D eigenvalue weighted by atomic mass is 10.1. The lowest BCUT2D eigenvalue weighted by molar-refractivity contribution is -0.137. The zero-order valence-electron chi connectivity index (χ0n) is 9.03. The Balaban J connectivity index is 1.89. The number of hydrogen-bond donors (Lipinski definition) is 1. The van der Waals surface area contributed by atoms with Crippen LogP contribution in [0.25, 0.3) is 0 Å². The summed E-state index contributed by atoms with van der Waals surface area (Å²) in [5, 5.41) is 2.07. The van der Waals surface area contributed by atoms with E-state index in [-0.39, 0.29) is 17.9 Å². The van der Waals surface area contributed by atoms with Crippen LogP contribution in [0, 0.1) is 0 Å². The van der Waals surface area contributed by atoms with Crippen LogP contribution < -0.4 is 5.43 Å². The highest BCUT2D eigenvalue weighted by Crippen LogP contribution is 2.13. The maximum atomic E-state index is 11.6.